The van der Waals surface area contributed by atoms with E-state index in [2.05, 4.69) is 15.5 Å². The van der Waals surface area contributed by atoms with Gasteiger partial charge in [-0.2, -0.15) is 5.10 Å². The van der Waals surface area contributed by atoms with Crippen molar-refractivity contribution in [2.75, 3.05) is 19.6 Å². The zero-order valence-corrected chi connectivity index (χ0v) is 15.0. The van der Waals surface area contributed by atoms with Gasteiger partial charge >= 0.3 is 0 Å². The second-order valence-electron chi connectivity index (χ2n) is 5.40. The second-order valence-corrected chi connectivity index (χ2v) is 5.83. The van der Waals surface area contributed by atoms with Gasteiger partial charge in [0.1, 0.15) is 11.5 Å². The maximum absolute atomic E-state index is 6.02. The Bertz CT molecular complexity index is 941. The Labute approximate surface area is 151 Å². The van der Waals surface area contributed by atoms with Crippen molar-refractivity contribution >= 4 is 33.9 Å². The molecule has 0 aliphatic carbocycles. The third-order valence-corrected chi connectivity index (χ3v) is 4.08. The van der Waals surface area contributed by atoms with Crippen molar-refractivity contribution in [2.24, 2.45) is 5.10 Å². The molecule has 3 aromatic rings. The van der Waals surface area contributed by atoms with Crippen LogP contribution in [0.5, 0.6) is 11.5 Å². The molecule has 25 heavy (non-hydrogen) atoms. The average molecular weight is 356 g/mol. The van der Waals surface area contributed by atoms with Gasteiger partial charge in [0, 0.05) is 28.2 Å². The van der Waals surface area contributed by atoms with Crippen molar-refractivity contribution in [1.82, 2.24) is 4.98 Å². The van der Waals surface area contributed by atoms with Gasteiger partial charge in [-0.05, 0) is 43.3 Å². The van der Waals surface area contributed by atoms with E-state index in [9.17, 15) is 0 Å². The molecule has 1 N–H and O–H groups in total. The molecule has 0 atom stereocenters. The number of aromatic nitrogens is 1. The largest absolute Gasteiger partial charge is 0.497 e. The Morgan fingerprint density at radius 3 is 2.68 bits per heavy atom. The summed E-state index contributed by atoms with van der Waals surface area (Å²) in [6.45, 7) is 1.91. The van der Waals surface area contributed by atoms with Crippen LogP contribution in [0, 0.1) is 0 Å². The third-order valence-electron chi connectivity index (χ3n) is 3.85. The van der Waals surface area contributed by atoms with Crippen LogP contribution in [0.15, 0.2) is 53.8 Å². The highest BCUT2D eigenvalue weighted by atomic mass is 35.5. The summed E-state index contributed by atoms with van der Waals surface area (Å²) in [5.74, 6) is 1.44. The van der Waals surface area contributed by atoms with Crippen molar-refractivity contribution < 1.29 is 9.47 Å². The lowest BCUT2D eigenvalue weighted by Gasteiger charge is -2.11. The molecule has 0 saturated heterocycles. The van der Waals surface area contributed by atoms with Crippen LogP contribution in [0.25, 0.3) is 10.9 Å². The van der Waals surface area contributed by atoms with Gasteiger partial charge in [-0.25, -0.2) is 0 Å². The Balaban J connectivity index is 1.92. The summed E-state index contributed by atoms with van der Waals surface area (Å²) in [6.07, 6.45) is 1.72. The molecule has 1 heterocycles. The van der Waals surface area contributed by atoms with E-state index >= 15 is 0 Å². The zero-order valence-electron chi connectivity index (χ0n) is 14.2. The van der Waals surface area contributed by atoms with Crippen molar-refractivity contribution in [3.8, 4) is 11.5 Å². The Morgan fingerprint density at radius 1 is 1.08 bits per heavy atom. The number of nitrogens with zero attached hydrogens (tertiary/aromatic N) is 2. The van der Waals surface area contributed by atoms with E-state index in [-0.39, 0.29) is 0 Å². The molecule has 5 nitrogen and oxygen atoms in total. The monoisotopic (exact) mass is 355 g/mol. The fourth-order valence-electron chi connectivity index (χ4n) is 2.52. The number of rotatable bonds is 5. The number of halogens is 1. The van der Waals surface area contributed by atoms with Crippen molar-refractivity contribution in [3.63, 3.8) is 0 Å². The lowest BCUT2D eigenvalue weighted by Crippen LogP contribution is -2.03. The summed E-state index contributed by atoms with van der Waals surface area (Å²) in [5, 5.41) is 6.09. The van der Waals surface area contributed by atoms with Crippen LogP contribution in [0.2, 0.25) is 5.02 Å². The van der Waals surface area contributed by atoms with Crippen LogP contribution in [-0.2, 0) is 0 Å². The van der Waals surface area contributed by atoms with Gasteiger partial charge in [0.25, 0.3) is 0 Å². The molecule has 6 heteroatoms. The third kappa shape index (κ3) is 3.67. The lowest BCUT2D eigenvalue weighted by molar-refractivity contribution is 0.394. The van der Waals surface area contributed by atoms with Gasteiger partial charge in [0.2, 0.25) is 0 Å². The highest BCUT2D eigenvalue weighted by Crippen LogP contribution is 2.27. The van der Waals surface area contributed by atoms with E-state index in [0.29, 0.717) is 10.8 Å². The molecule has 1 aromatic heterocycles. The molecule has 0 saturated carbocycles. The standard InChI is InChI=1S/C19H18ClN3O2/c1-12(15-7-5-14(24-2)11-19(15)25-3)22-23-17-8-9-21-18-10-13(20)4-6-16(17)18/h4-11H,1-3H3,(H,21,23)/b22-12+. The molecule has 0 aliphatic heterocycles. The molecule has 128 valence electrons. The minimum Gasteiger partial charge on any atom is -0.497 e. The molecule has 0 amide bonds. The van der Waals surface area contributed by atoms with Gasteiger partial charge in [-0.1, -0.05) is 11.6 Å². The van der Waals surface area contributed by atoms with Crippen LogP contribution in [0.1, 0.15) is 12.5 Å². The molecule has 0 fully saturated rings. The summed E-state index contributed by atoms with van der Waals surface area (Å²) in [4.78, 5) is 4.33. The van der Waals surface area contributed by atoms with Gasteiger partial charge in [0.05, 0.1) is 31.1 Å². The maximum atomic E-state index is 6.02. The van der Waals surface area contributed by atoms with Crippen LogP contribution < -0.4 is 14.9 Å². The highest BCUT2D eigenvalue weighted by molar-refractivity contribution is 6.31. The summed E-state index contributed by atoms with van der Waals surface area (Å²) >= 11 is 6.02. The van der Waals surface area contributed by atoms with Crippen molar-refractivity contribution in [3.05, 3.63) is 59.2 Å². The van der Waals surface area contributed by atoms with Gasteiger partial charge < -0.3 is 9.47 Å². The fourth-order valence-corrected chi connectivity index (χ4v) is 2.69. The molecule has 0 spiro atoms. The molecule has 0 bridgehead atoms. The number of hydrogen-bond donors (Lipinski definition) is 1. The summed E-state index contributed by atoms with van der Waals surface area (Å²) < 4.78 is 10.7. The first kappa shape index (κ1) is 17.0. The highest BCUT2D eigenvalue weighted by Gasteiger charge is 2.08. The van der Waals surface area contributed by atoms with Crippen molar-refractivity contribution in [2.45, 2.75) is 6.92 Å². The number of ether oxygens (including phenoxy) is 2. The molecule has 3 rings (SSSR count). The van der Waals surface area contributed by atoms with Crippen molar-refractivity contribution in [1.29, 1.82) is 0 Å². The van der Waals surface area contributed by atoms with E-state index in [0.717, 1.165) is 33.6 Å². The normalized spacial score (nSPS) is 11.4. The molecular formula is C19H18ClN3O2. The maximum Gasteiger partial charge on any atom is 0.131 e. The van der Waals surface area contributed by atoms with Gasteiger partial charge in [-0.15, -0.1) is 0 Å². The van der Waals surface area contributed by atoms with E-state index in [1.807, 2.05) is 49.4 Å². The minimum atomic E-state index is 0.653. The molecule has 2 aromatic carbocycles. The average Bonchev–Trinajstić information content (AvgIpc) is 2.65. The fraction of sp³-hybridized carbons (Fsp3) is 0.158. The molecule has 0 unspecified atom stereocenters. The minimum absolute atomic E-state index is 0.653. The number of nitrogens with one attached hydrogen (secondary N) is 1. The number of hydrazone groups is 1. The molecular weight excluding hydrogens is 338 g/mol. The smallest absolute Gasteiger partial charge is 0.131 e. The lowest BCUT2D eigenvalue weighted by atomic mass is 10.1. The SMILES string of the molecule is COc1ccc(/C(C)=N/Nc2ccnc3cc(Cl)ccc23)c(OC)c1. The summed E-state index contributed by atoms with van der Waals surface area (Å²) in [5.41, 5.74) is 6.45. The number of hydrogen-bond acceptors (Lipinski definition) is 5. The first-order valence-electron chi connectivity index (χ1n) is 7.69. The number of anilines is 1. The molecule has 0 radical (unpaired) electrons. The predicted octanol–water partition coefficient (Wildman–Crippen LogP) is 4.74. The number of benzene rings is 2. The first-order chi connectivity index (χ1) is 12.1. The quantitative estimate of drug-likeness (QED) is 0.530. The van der Waals surface area contributed by atoms with Crippen LogP contribution in [0.3, 0.4) is 0 Å². The van der Waals surface area contributed by atoms with Crippen LogP contribution in [-0.4, -0.2) is 24.9 Å². The summed E-state index contributed by atoms with van der Waals surface area (Å²) in [7, 11) is 3.25. The topological polar surface area (TPSA) is 55.7 Å². The zero-order chi connectivity index (χ0) is 17.8. The number of pyridine rings is 1. The Kier molecular flexibility index (Phi) is 5.05. The molecule has 0 aliphatic rings. The van der Waals surface area contributed by atoms with Gasteiger partial charge in [0.15, 0.2) is 0 Å². The van der Waals surface area contributed by atoms with Crippen LogP contribution >= 0.6 is 11.6 Å². The number of fused-ring (bicyclic) bond motifs is 1. The predicted molar refractivity (Wildman–Crippen MR) is 102 cm³/mol. The first-order valence-corrected chi connectivity index (χ1v) is 8.07. The van der Waals surface area contributed by atoms with Crippen LogP contribution in [0.4, 0.5) is 5.69 Å². The van der Waals surface area contributed by atoms with E-state index < -0.39 is 0 Å². The van der Waals surface area contributed by atoms with E-state index in [1.165, 1.54) is 0 Å². The number of methoxy groups -OCH3 is 2. The Morgan fingerprint density at radius 2 is 1.92 bits per heavy atom. The van der Waals surface area contributed by atoms with Gasteiger partial charge in [-0.3, -0.25) is 10.4 Å². The Hall–Kier alpha value is -2.79. The van der Waals surface area contributed by atoms with E-state index in [4.69, 9.17) is 21.1 Å². The summed E-state index contributed by atoms with van der Waals surface area (Å²) in [6, 6.07) is 13.1. The van der Waals surface area contributed by atoms with E-state index in [1.54, 1.807) is 20.4 Å². The second kappa shape index (κ2) is 7.40.